The lowest BCUT2D eigenvalue weighted by atomic mass is 9.82. The standard InChI is InChI=1S/C27H28N2O4/c1-16(2)18-12-6-7-15-21(18)29(33)26(32)23(27(3,4)5)28-24(30)19-13-8-10-17-11-9-14-20(22(17)19)25(28)31/h6-16,23,33H,1-5H3/t23-/m1/s1. The Balaban J connectivity index is 1.83. The van der Waals surface area contributed by atoms with E-state index < -0.39 is 29.2 Å². The van der Waals surface area contributed by atoms with Crippen LogP contribution in [-0.4, -0.2) is 33.9 Å². The maximum atomic E-state index is 13.7. The lowest BCUT2D eigenvalue weighted by Crippen LogP contribution is -2.59. The van der Waals surface area contributed by atoms with Crippen molar-refractivity contribution in [2.24, 2.45) is 5.41 Å². The zero-order valence-electron chi connectivity index (χ0n) is 19.5. The van der Waals surface area contributed by atoms with Crippen molar-refractivity contribution in [2.75, 3.05) is 5.06 Å². The minimum absolute atomic E-state index is 0.0551. The summed E-state index contributed by atoms with van der Waals surface area (Å²) in [4.78, 5) is 41.9. The molecule has 0 spiro atoms. The molecule has 1 heterocycles. The number of carbonyl (C=O) groups excluding carboxylic acids is 3. The third-order valence-electron chi connectivity index (χ3n) is 6.11. The summed E-state index contributed by atoms with van der Waals surface area (Å²) in [5.74, 6) is -1.76. The molecule has 3 amide bonds. The van der Waals surface area contributed by atoms with Crippen molar-refractivity contribution in [1.82, 2.24) is 4.90 Å². The van der Waals surface area contributed by atoms with E-state index in [9.17, 15) is 19.6 Å². The summed E-state index contributed by atoms with van der Waals surface area (Å²) in [5.41, 5.74) is 1.03. The molecule has 4 rings (SSSR count). The molecular weight excluding hydrogens is 416 g/mol. The predicted molar refractivity (Wildman–Crippen MR) is 127 cm³/mol. The van der Waals surface area contributed by atoms with Crippen LogP contribution in [0.25, 0.3) is 10.8 Å². The molecule has 1 aliphatic heterocycles. The van der Waals surface area contributed by atoms with Crippen LogP contribution < -0.4 is 5.06 Å². The molecule has 3 aromatic carbocycles. The minimum Gasteiger partial charge on any atom is -0.281 e. The van der Waals surface area contributed by atoms with Crippen molar-refractivity contribution >= 4 is 34.2 Å². The second-order valence-electron chi connectivity index (χ2n) is 9.82. The third-order valence-corrected chi connectivity index (χ3v) is 6.11. The van der Waals surface area contributed by atoms with Crippen LogP contribution in [0.2, 0.25) is 0 Å². The van der Waals surface area contributed by atoms with Gasteiger partial charge in [-0.25, -0.2) is 0 Å². The predicted octanol–water partition coefficient (Wildman–Crippen LogP) is 5.40. The largest absolute Gasteiger partial charge is 0.281 e. The van der Waals surface area contributed by atoms with Gasteiger partial charge in [-0.1, -0.05) is 77.1 Å². The van der Waals surface area contributed by atoms with Crippen LogP contribution in [0, 0.1) is 5.41 Å². The quantitative estimate of drug-likeness (QED) is 0.332. The number of carbonyl (C=O) groups is 3. The Kier molecular flexibility index (Phi) is 5.58. The van der Waals surface area contributed by atoms with Gasteiger partial charge >= 0.3 is 0 Å². The third kappa shape index (κ3) is 3.70. The Morgan fingerprint density at radius 3 is 1.94 bits per heavy atom. The molecule has 0 unspecified atom stereocenters. The molecule has 1 N–H and O–H groups in total. The first-order valence-electron chi connectivity index (χ1n) is 11.1. The summed E-state index contributed by atoms with van der Waals surface area (Å²) in [6, 6.07) is 16.4. The second-order valence-corrected chi connectivity index (χ2v) is 9.82. The van der Waals surface area contributed by atoms with Crippen molar-refractivity contribution in [1.29, 1.82) is 0 Å². The fourth-order valence-electron chi connectivity index (χ4n) is 4.56. The number of para-hydroxylation sites is 1. The molecule has 6 nitrogen and oxygen atoms in total. The van der Waals surface area contributed by atoms with E-state index in [4.69, 9.17) is 0 Å². The Morgan fingerprint density at radius 2 is 1.42 bits per heavy atom. The maximum Gasteiger partial charge on any atom is 0.274 e. The number of benzene rings is 3. The van der Waals surface area contributed by atoms with Crippen LogP contribution in [-0.2, 0) is 4.79 Å². The van der Waals surface area contributed by atoms with Gasteiger partial charge in [0.05, 0.1) is 5.69 Å². The van der Waals surface area contributed by atoms with E-state index in [-0.39, 0.29) is 5.92 Å². The van der Waals surface area contributed by atoms with Gasteiger partial charge in [-0.2, -0.15) is 5.06 Å². The van der Waals surface area contributed by atoms with E-state index in [0.717, 1.165) is 15.8 Å². The average Bonchev–Trinajstić information content (AvgIpc) is 2.78. The summed E-state index contributed by atoms with van der Waals surface area (Å²) in [5, 5.41) is 13.0. The van der Waals surface area contributed by atoms with Crippen molar-refractivity contribution in [2.45, 2.75) is 46.6 Å². The fourth-order valence-corrected chi connectivity index (χ4v) is 4.56. The number of anilines is 1. The summed E-state index contributed by atoms with van der Waals surface area (Å²) in [7, 11) is 0. The highest BCUT2D eigenvalue weighted by Gasteiger charge is 2.47. The number of hydrogen-bond acceptors (Lipinski definition) is 4. The van der Waals surface area contributed by atoms with Crippen LogP contribution in [0.4, 0.5) is 5.69 Å². The normalized spacial score (nSPS) is 14.7. The molecule has 1 aliphatic rings. The van der Waals surface area contributed by atoms with Gasteiger partial charge in [-0.15, -0.1) is 0 Å². The summed E-state index contributed by atoms with van der Waals surface area (Å²) in [6.45, 7) is 9.26. The molecular formula is C27H28N2O4. The SMILES string of the molecule is CC(C)c1ccccc1N(O)C(=O)[C@@H](N1C(=O)c2cccc3cccc(c23)C1=O)C(C)(C)C. The average molecular weight is 445 g/mol. The first-order valence-corrected chi connectivity index (χ1v) is 11.1. The summed E-state index contributed by atoms with van der Waals surface area (Å²) < 4.78 is 0. The molecule has 0 radical (unpaired) electrons. The Morgan fingerprint density at radius 1 is 0.879 bits per heavy atom. The van der Waals surface area contributed by atoms with Gasteiger partial charge in [0.2, 0.25) is 0 Å². The molecule has 0 aliphatic carbocycles. The zero-order chi connectivity index (χ0) is 24.1. The van der Waals surface area contributed by atoms with E-state index in [1.165, 1.54) is 0 Å². The molecule has 170 valence electrons. The number of nitrogens with zero attached hydrogens (tertiary/aromatic N) is 2. The number of hydroxylamine groups is 1. The fraction of sp³-hybridized carbons (Fsp3) is 0.296. The van der Waals surface area contributed by atoms with Crippen LogP contribution >= 0.6 is 0 Å². The first kappa shape index (κ1) is 22.7. The highest BCUT2D eigenvalue weighted by atomic mass is 16.5. The summed E-state index contributed by atoms with van der Waals surface area (Å²) >= 11 is 0. The van der Waals surface area contributed by atoms with Gasteiger partial charge in [0, 0.05) is 16.5 Å². The monoisotopic (exact) mass is 444 g/mol. The molecule has 33 heavy (non-hydrogen) atoms. The Bertz CT molecular complexity index is 1220. The van der Waals surface area contributed by atoms with Crippen LogP contribution in [0.1, 0.15) is 66.8 Å². The van der Waals surface area contributed by atoms with Gasteiger partial charge < -0.3 is 0 Å². The van der Waals surface area contributed by atoms with Crippen LogP contribution in [0.15, 0.2) is 60.7 Å². The van der Waals surface area contributed by atoms with E-state index in [1.807, 2.05) is 38.1 Å². The van der Waals surface area contributed by atoms with Gasteiger partial charge in [-0.05, 0) is 40.5 Å². The van der Waals surface area contributed by atoms with Gasteiger partial charge in [-0.3, -0.25) is 24.5 Å². The molecule has 0 saturated heterocycles. The van der Waals surface area contributed by atoms with Crippen molar-refractivity contribution in [3.63, 3.8) is 0 Å². The zero-order valence-corrected chi connectivity index (χ0v) is 19.5. The smallest absolute Gasteiger partial charge is 0.274 e. The van der Waals surface area contributed by atoms with Gasteiger partial charge in [0.25, 0.3) is 17.7 Å². The van der Waals surface area contributed by atoms with Crippen molar-refractivity contribution in [3.05, 3.63) is 77.4 Å². The molecule has 6 heteroatoms. The number of rotatable bonds is 4. The van der Waals surface area contributed by atoms with E-state index >= 15 is 0 Å². The van der Waals surface area contributed by atoms with Gasteiger partial charge in [0.1, 0.15) is 6.04 Å². The van der Waals surface area contributed by atoms with Crippen molar-refractivity contribution in [3.8, 4) is 0 Å². The Hall–Kier alpha value is -3.51. The lowest BCUT2D eigenvalue weighted by Gasteiger charge is -2.41. The van der Waals surface area contributed by atoms with E-state index in [2.05, 4.69) is 0 Å². The molecule has 0 saturated carbocycles. The molecule has 0 bridgehead atoms. The minimum atomic E-state index is -1.22. The highest BCUT2D eigenvalue weighted by Crippen LogP contribution is 2.37. The first-order chi connectivity index (χ1) is 15.5. The number of imide groups is 1. The van der Waals surface area contributed by atoms with Crippen LogP contribution in [0.5, 0.6) is 0 Å². The van der Waals surface area contributed by atoms with E-state index in [1.54, 1.807) is 57.2 Å². The molecule has 1 atom stereocenters. The van der Waals surface area contributed by atoms with E-state index in [0.29, 0.717) is 27.3 Å². The Labute approximate surface area is 193 Å². The second kappa shape index (κ2) is 8.12. The molecule has 0 aromatic heterocycles. The highest BCUT2D eigenvalue weighted by molar-refractivity contribution is 6.26. The maximum absolute atomic E-state index is 13.7. The number of amides is 3. The molecule has 3 aromatic rings. The van der Waals surface area contributed by atoms with Gasteiger partial charge in [0.15, 0.2) is 0 Å². The van der Waals surface area contributed by atoms with Crippen LogP contribution in [0.3, 0.4) is 0 Å². The number of hydrogen-bond donors (Lipinski definition) is 1. The topological polar surface area (TPSA) is 77.9 Å². The lowest BCUT2D eigenvalue weighted by molar-refractivity contribution is -0.131. The van der Waals surface area contributed by atoms with Crippen molar-refractivity contribution < 1.29 is 19.6 Å². The molecule has 0 fully saturated rings. The summed E-state index contributed by atoms with van der Waals surface area (Å²) in [6.07, 6.45) is 0.